The topological polar surface area (TPSA) is 373 Å². The van der Waals surface area contributed by atoms with E-state index in [0.29, 0.717) is 82.4 Å². The molecular formula is C46H79ClN5O24P3PbS3. The van der Waals surface area contributed by atoms with E-state index >= 15 is 0 Å². The van der Waals surface area contributed by atoms with Crippen molar-refractivity contribution in [2.45, 2.75) is 167 Å². The summed E-state index contributed by atoms with van der Waals surface area (Å²) in [5, 5.41) is 9.24. The van der Waals surface area contributed by atoms with Gasteiger partial charge in [0.05, 0.1) is 69.7 Å². The quantitative estimate of drug-likeness (QED) is 0.0347. The van der Waals surface area contributed by atoms with Gasteiger partial charge < -0.3 is 56.9 Å². The van der Waals surface area contributed by atoms with Crippen molar-refractivity contribution < 1.29 is 104 Å². The van der Waals surface area contributed by atoms with E-state index in [4.69, 9.17) is 68.5 Å². The van der Waals surface area contributed by atoms with Crippen LogP contribution in [0.5, 0.6) is 0 Å². The van der Waals surface area contributed by atoms with Crippen molar-refractivity contribution in [1.82, 2.24) is 19.5 Å². The summed E-state index contributed by atoms with van der Waals surface area (Å²) in [6.45, 7) is 23.9. The van der Waals surface area contributed by atoms with Crippen molar-refractivity contribution in [2.24, 2.45) is 0 Å². The van der Waals surface area contributed by atoms with Crippen molar-refractivity contribution >= 4 is 146 Å². The van der Waals surface area contributed by atoms with E-state index < -0.39 is 88.0 Å². The number of rotatable bonds is 28. The predicted molar refractivity (Wildman–Crippen MR) is 310 cm³/mol. The Morgan fingerprint density at radius 3 is 1.34 bits per heavy atom. The molecule has 1 unspecified atom stereocenters. The molecule has 83 heavy (non-hydrogen) atoms. The monoisotopic (exact) mass is 1520 g/mol. The molecule has 3 N–H and O–H groups in total. The Morgan fingerprint density at radius 1 is 0.602 bits per heavy atom. The van der Waals surface area contributed by atoms with Gasteiger partial charge in [0, 0.05) is 17.4 Å². The van der Waals surface area contributed by atoms with Gasteiger partial charge in [-0.15, -0.1) is 35.3 Å². The Labute approximate surface area is 508 Å². The summed E-state index contributed by atoms with van der Waals surface area (Å²) < 4.78 is 111. The minimum Gasteiger partial charge on any atom is -0.479 e. The second-order valence-electron chi connectivity index (χ2n) is 17.3. The van der Waals surface area contributed by atoms with Gasteiger partial charge in [-0.2, -0.15) is 9.97 Å². The molecule has 3 saturated heterocycles. The zero-order valence-corrected chi connectivity index (χ0v) is 58.7. The number of nitrogens with zero attached hydrogens (tertiary/aromatic N) is 4. The molecule has 37 heteroatoms. The molecule has 5 rings (SSSR count). The Balaban J connectivity index is 0.000000385. The molecule has 0 saturated carbocycles. The van der Waals surface area contributed by atoms with Gasteiger partial charge in [0.15, 0.2) is 16.9 Å². The molecule has 0 amide bonds. The van der Waals surface area contributed by atoms with Crippen LogP contribution in [0.2, 0.25) is 5.15 Å². The van der Waals surface area contributed by atoms with E-state index in [9.17, 15) is 42.5 Å². The molecule has 3 fully saturated rings. The molecule has 0 radical (unpaired) electrons. The summed E-state index contributed by atoms with van der Waals surface area (Å²) in [5.41, 5.74) is 6.14. The minimum absolute atomic E-state index is 0.0578. The number of halogens is 1. The van der Waals surface area contributed by atoms with E-state index in [2.05, 4.69) is 32.6 Å². The van der Waals surface area contributed by atoms with Crippen molar-refractivity contribution in [1.29, 1.82) is 0 Å². The van der Waals surface area contributed by atoms with Gasteiger partial charge in [0.1, 0.15) is 28.1 Å². The molecule has 0 bridgehead atoms. The maximum absolute atomic E-state index is 12.6. The van der Waals surface area contributed by atoms with Crippen LogP contribution in [0.3, 0.4) is 0 Å². The third-order valence-electron chi connectivity index (χ3n) is 10.3. The number of esters is 1. The van der Waals surface area contributed by atoms with Crippen LogP contribution in [0.4, 0.5) is 5.95 Å². The molecule has 2 aromatic heterocycles. The Morgan fingerprint density at radius 2 is 0.976 bits per heavy atom. The molecule has 0 aliphatic carbocycles. The standard InChI is InChI=1S/C15H23ClN5O4PS.C12H23O6PS.C11H21O6PS.4C2H4O2.Pb/c1-4-23-26(22,24-5-2)7-6-10-25-14(9(3)27-10)21-8-18-11-12(16)19-15(17)20-13(11)21;1-5-15-19(14,16-6-2)8-7-11-18-12(9(3)20-11)17-10(4)13;1-4-15-18(14,16-5-2)7-6-9-17-10(11(12)13)8(3)19-9;4*1-2(3)4;/h8-10,14H,4-7H2,1-3H3,(H2,17,19,20);9,11-12H,5-8H2,1-4H3;8-10H,4-7H2,1-3H3,(H,12,13);4*1H3,(H,3,4);/q;;;;;;;+4/p-4/t9-,10-,14+;9-,11-,12?;8-,9-,10+;;;;;/m111...../s1. The van der Waals surface area contributed by atoms with Gasteiger partial charge in [-0.1, -0.05) is 18.5 Å². The van der Waals surface area contributed by atoms with Gasteiger partial charge >= 0.3 is 139 Å². The van der Waals surface area contributed by atoms with Crippen LogP contribution < -0.4 is 5.73 Å². The van der Waals surface area contributed by atoms with E-state index in [1.54, 1.807) is 71.4 Å². The van der Waals surface area contributed by atoms with Crippen LogP contribution >= 0.6 is 69.7 Å². The van der Waals surface area contributed by atoms with Crippen LogP contribution in [0.1, 0.15) is 122 Å². The molecule has 0 spiro atoms. The third-order valence-corrected chi connectivity index (χ3v) is 29.2. The summed E-state index contributed by atoms with van der Waals surface area (Å²) in [4.78, 5) is 77.8. The first-order chi connectivity index (χ1) is 38.8. The van der Waals surface area contributed by atoms with Crippen molar-refractivity contribution in [2.75, 3.05) is 63.9 Å². The van der Waals surface area contributed by atoms with E-state index in [-0.39, 0.29) is 61.5 Å². The van der Waals surface area contributed by atoms with Gasteiger partial charge in [-0.3, -0.25) is 23.1 Å². The van der Waals surface area contributed by atoms with Gasteiger partial charge in [-0.25, -0.2) is 9.78 Å². The number of carboxylic acids is 1. The van der Waals surface area contributed by atoms with Crippen LogP contribution in [-0.2, 0) is 99.3 Å². The predicted octanol–water partition coefficient (Wildman–Crippen LogP) is 8.95. The number of nitrogens with two attached hydrogens (primary N) is 1. The number of hydrogen-bond donors (Lipinski definition) is 2. The van der Waals surface area contributed by atoms with Gasteiger partial charge in [-0.05, 0) is 74.7 Å². The number of carboxylic acid groups (broad SMARTS) is 1. The first-order valence-electron chi connectivity index (χ1n) is 26.3. The first kappa shape index (κ1) is 76.9. The number of thioether (sulfide) groups is 3. The number of fused-ring (bicyclic) bond motifs is 1. The fourth-order valence-electron chi connectivity index (χ4n) is 7.45. The smallest absolute Gasteiger partial charge is 0.334 e. The molecule has 3 aliphatic rings. The fourth-order valence-corrected chi connectivity index (χ4v) is 23.3. The number of ether oxygens (including phenoxy) is 4. The summed E-state index contributed by atoms with van der Waals surface area (Å²) in [7, 11) is -9.21. The second-order valence-corrected chi connectivity index (χ2v) is 35.9. The molecular weight excluding hydrogens is 1440 g/mol. The number of carbonyl (C=O) groups excluding carboxylic acids is 5. The van der Waals surface area contributed by atoms with Crippen LogP contribution in [-0.4, -0.2) is 186 Å². The number of carbonyl (C=O) groups is 6. The molecule has 29 nitrogen and oxygen atoms in total. The van der Waals surface area contributed by atoms with Gasteiger partial charge in [0.25, 0.3) is 0 Å². The third kappa shape index (κ3) is 27.4. The number of aliphatic carboxylic acids is 1. The van der Waals surface area contributed by atoms with E-state index in [0.717, 1.165) is 27.7 Å². The zero-order chi connectivity index (χ0) is 62.9. The number of imidazole rings is 1. The van der Waals surface area contributed by atoms with E-state index in [1.807, 2.05) is 18.4 Å². The summed E-state index contributed by atoms with van der Waals surface area (Å²) in [6, 6.07) is 0. The number of nitrogen functional groups attached to an aromatic ring is 1. The fraction of sp³-hybridized carbons (Fsp3) is 0.761. The van der Waals surface area contributed by atoms with Gasteiger partial charge in [0.2, 0.25) is 12.2 Å². The van der Waals surface area contributed by atoms with Crippen LogP contribution in [0.15, 0.2) is 6.33 Å². The zero-order valence-electron chi connectivity index (χ0n) is 48.9. The SMILES string of the molecule is CC(=O)[O][Pb]([O]C(C)=O)([O]C(C)=O)[O]C(C)=O.CCOP(=O)(CC[C@@H]1OC(OC(C)=O)[C@@H](C)S1)OCC.CCOP(=O)(CC[C@@H]1O[C@H](C(=O)O)[C@@H](C)S1)OCC.CCOP(=O)(CC[C@@H]1O[C@H](n2cnc3c(Cl)nc(N)nc32)[C@@H](C)S1)OCC. The second kappa shape index (κ2) is 37.6. The maximum Gasteiger partial charge on any atom is 0.334 e. The first-order valence-corrected chi connectivity index (χ1v) is 41.0. The normalized spacial score (nSPS) is 22.4. The van der Waals surface area contributed by atoms with Crippen molar-refractivity contribution in [3.63, 3.8) is 0 Å². The molecule has 3 aliphatic heterocycles. The Hall–Kier alpha value is -2.24. The summed E-state index contributed by atoms with van der Waals surface area (Å²) >= 11 is 5.33. The molecule has 9 atom stereocenters. The average Bonchev–Trinajstić information content (AvgIpc) is 4.28. The number of hydrogen-bond acceptors (Lipinski definition) is 30. The summed E-state index contributed by atoms with van der Waals surface area (Å²) in [5.74, 6) is -4.76. The maximum atomic E-state index is 12.6. The van der Waals surface area contributed by atoms with E-state index in [1.165, 1.54) is 18.7 Å². The molecule has 5 heterocycles. The molecule has 2 aromatic rings. The largest absolute Gasteiger partial charge is 0.479 e. The van der Waals surface area contributed by atoms with Crippen LogP contribution in [0.25, 0.3) is 11.2 Å². The minimum atomic E-state index is -5.43. The number of aromatic nitrogens is 4. The Bertz CT molecular complexity index is 2490. The molecule has 0 aromatic carbocycles. The molecule has 476 valence electrons. The van der Waals surface area contributed by atoms with Crippen LogP contribution in [0, 0.1) is 0 Å². The Kier molecular flexibility index (Phi) is 34.8. The average molecular weight is 1520 g/mol. The number of anilines is 1. The van der Waals surface area contributed by atoms with Crippen molar-refractivity contribution in [3.05, 3.63) is 11.5 Å². The van der Waals surface area contributed by atoms with Crippen molar-refractivity contribution in [3.8, 4) is 0 Å². The summed E-state index contributed by atoms with van der Waals surface area (Å²) in [6.07, 6.45) is 2.37.